The molecule has 0 aliphatic carbocycles. The van der Waals surface area contributed by atoms with E-state index in [2.05, 4.69) is 0 Å². The zero-order chi connectivity index (χ0) is 21.8. The molecule has 0 amide bonds. The summed E-state index contributed by atoms with van der Waals surface area (Å²) in [6.07, 6.45) is -0.612. The molecule has 0 aliphatic heterocycles. The first kappa shape index (κ1) is 20.4. The zero-order valence-corrected chi connectivity index (χ0v) is 17.4. The average Bonchev–Trinajstić information content (AvgIpc) is 2.78. The highest BCUT2D eigenvalue weighted by Crippen LogP contribution is 2.35. The van der Waals surface area contributed by atoms with Crippen LogP contribution >= 0.6 is 0 Å². The van der Waals surface area contributed by atoms with E-state index in [1.54, 1.807) is 13.0 Å². The maximum atomic E-state index is 10.2. The molecule has 2 N–H and O–H groups in total. The largest absolute Gasteiger partial charge is 0.508 e. The lowest BCUT2D eigenvalue weighted by Crippen LogP contribution is -2.15. The van der Waals surface area contributed by atoms with Crippen molar-refractivity contribution in [1.29, 1.82) is 0 Å². The number of hydrogen-bond acceptors (Lipinski definition) is 4. The van der Waals surface area contributed by atoms with Crippen LogP contribution in [0, 0.1) is 13.8 Å². The Kier molecular flexibility index (Phi) is 5.80. The van der Waals surface area contributed by atoms with Gasteiger partial charge in [0.2, 0.25) is 0 Å². The second-order valence-corrected chi connectivity index (χ2v) is 7.47. The van der Waals surface area contributed by atoms with Gasteiger partial charge in [-0.2, -0.15) is 0 Å². The van der Waals surface area contributed by atoms with Gasteiger partial charge in [0, 0.05) is 17.2 Å². The smallest absolute Gasteiger partial charge is 0.267 e. The van der Waals surface area contributed by atoms with Crippen LogP contribution in [0.15, 0.2) is 91.0 Å². The van der Waals surface area contributed by atoms with E-state index in [0.717, 1.165) is 22.4 Å². The monoisotopic (exact) mass is 412 g/mol. The van der Waals surface area contributed by atoms with Gasteiger partial charge in [0.05, 0.1) is 0 Å². The molecule has 0 heterocycles. The molecular formula is C27H24O4. The Morgan fingerprint density at radius 2 is 1.23 bits per heavy atom. The Morgan fingerprint density at radius 1 is 0.645 bits per heavy atom. The van der Waals surface area contributed by atoms with Crippen LogP contribution in [0.4, 0.5) is 0 Å². The van der Waals surface area contributed by atoms with Crippen molar-refractivity contribution in [3.05, 3.63) is 108 Å². The van der Waals surface area contributed by atoms with Gasteiger partial charge in [0.1, 0.15) is 23.0 Å². The van der Waals surface area contributed by atoms with Crippen molar-refractivity contribution in [2.24, 2.45) is 0 Å². The van der Waals surface area contributed by atoms with Crippen molar-refractivity contribution in [3.63, 3.8) is 0 Å². The maximum absolute atomic E-state index is 10.2. The molecule has 0 fully saturated rings. The second kappa shape index (κ2) is 8.84. The molecule has 0 aliphatic rings. The lowest BCUT2D eigenvalue weighted by atomic mass is 10.0. The van der Waals surface area contributed by atoms with Gasteiger partial charge in [0.25, 0.3) is 6.29 Å². The lowest BCUT2D eigenvalue weighted by molar-refractivity contribution is 0.00381. The van der Waals surface area contributed by atoms with Crippen molar-refractivity contribution in [3.8, 4) is 34.1 Å². The third-order valence-electron chi connectivity index (χ3n) is 5.06. The van der Waals surface area contributed by atoms with Crippen LogP contribution in [0.5, 0.6) is 23.0 Å². The third kappa shape index (κ3) is 4.81. The topological polar surface area (TPSA) is 58.9 Å². The number of rotatable bonds is 6. The summed E-state index contributed by atoms with van der Waals surface area (Å²) in [5.41, 5.74) is 4.23. The van der Waals surface area contributed by atoms with E-state index < -0.39 is 6.29 Å². The quantitative estimate of drug-likeness (QED) is 0.353. The third-order valence-corrected chi connectivity index (χ3v) is 5.06. The first-order valence-electron chi connectivity index (χ1n) is 10.1. The van der Waals surface area contributed by atoms with Gasteiger partial charge in [-0.1, -0.05) is 60.2 Å². The molecule has 0 spiro atoms. The molecule has 4 aromatic carbocycles. The van der Waals surface area contributed by atoms with E-state index in [-0.39, 0.29) is 11.5 Å². The molecule has 4 aromatic rings. The summed E-state index contributed by atoms with van der Waals surface area (Å²) in [4.78, 5) is 0. The van der Waals surface area contributed by atoms with Gasteiger partial charge < -0.3 is 19.7 Å². The fourth-order valence-corrected chi connectivity index (χ4v) is 3.26. The molecular weight excluding hydrogens is 388 g/mol. The van der Waals surface area contributed by atoms with E-state index in [0.29, 0.717) is 16.9 Å². The van der Waals surface area contributed by atoms with Crippen molar-refractivity contribution < 1.29 is 19.7 Å². The maximum Gasteiger partial charge on any atom is 0.267 e. The van der Waals surface area contributed by atoms with Crippen molar-refractivity contribution >= 4 is 0 Å². The van der Waals surface area contributed by atoms with Crippen molar-refractivity contribution in [2.45, 2.75) is 20.1 Å². The molecule has 31 heavy (non-hydrogen) atoms. The Balaban J connectivity index is 1.58. The molecule has 4 rings (SSSR count). The Labute approximate surface area is 182 Å². The van der Waals surface area contributed by atoms with Gasteiger partial charge in [-0.25, -0.2) is 0 Å². The number of benzene rings is 4. The van der Waals surface area contributed by atoms with E-state index >= 15 is 0 Å². The van der Waals surface area contributed by atoms with E-state index in [4.69, 9.17) is 9.47 Å². The molecule has 156 valence electrons. The molecule has 0 saturated carbocycles. The van der Waals surface area contributed by atoms with Crippen LogP contribution < -0.4 is 9.47 Å². The number of phenolic OH excluding ortho intramolecular Hbond substituents is 2. The molecule has 4 heteroatoms. The molecule has 0 radical (unpaired) electrons. The summed E-state index contributed by atoms with van der Waals surface area (Å²) in [6, 6.07) is 28.1. The van der Waals surface area contributed by atoms with Gasteiger partial charge in [-0.15, -0.1) is 0 Å². The van der Waals surface area contributed by atoms with Crippen LogP contribution in [0.25, 0.3) is 11.1 Å². The predicted octanol–water partition coefficient (Wildman–Crippen LogP) is 6.54. The Hall–Kier alpha value is -3.92. The number of aryl methyl sites for hydroxylation is 2. The first-order valence-corrected chi connectivity index (χ1v) is 10.1. The summed E-state index contributed by atoms with van der Waals surface area (Å²) >= 11 is 0. The standard InChI is InChI=1S/C27H24O4/c1-18-8-12-22(13-9-18)30-27(21-6-4-3-5-7-21)31-23-14-10-20(11-15-23)24-16-19(2)25(28)17-26(24)29/h3-17,27-29H,1-2H3. The average molecular weight is 412 g/mol. The highest BCUT2D eigenvalue weighted by atomic mass is 16.7. The fourth-order valence-electron chi connectivity index (χ4n) is 3.26. The predicted molar refractivity (Wildman–Crippen MR) is 122 cm³/mol. The van der Waals surface area contributed by atoms with Crippen molar-refractivity contribution in [1.82, 2.24) is 0 Å². The van der Waals surface area contributed by atoms with Crippen LogP contribution in [0.1, 0.15) is 23.0 Å². The summed E-state index contributed by atoms with van der Waals surface area (Å²) in [6.45, 7) is 3.83. The number of phenols is 2. The zero-order valence-electron chi connectivity index (χ0n) is 17.4. The molecule has 4 nitrogen and oxygen atoms in total. The minimum Gasteiger partial charge on any atom is -0.508 e. The van der Waals surface area contributed by atoms with Gasteiger partial charge in [-0.3, -0.25) is 0 Å². The first-order chi connectivity index (χ1) is 15.0. The number of ether oxygens (including phenoxy) is 2. The van der Waals surface area contributed by atoms with Crippen LogP contribution in [-0.4, -0.2) is 10.2 Å². The van der Waals surface area contributed by atoms with Gasteiger partial charge in [0.15, 0.2) is 0 Å². The second-order valence-electron chi connectivity index (χ2n) is 7.47. The van der Waals surface area contributed by atoms with Crippen LogP contribution in [-0.2, 0) is 0 Å². The molecule has 0 bridgehead atoms. The lowest BCUT2D eigenvalue weighted by Gasteiger charge is -2.21. The fraction of sp³-hybridized carbons (Fsp3) is 0.111. The summed E-state index contributed by atoms with van der Waals surface area (Å²) in [5, 5.41) is 20.0. The van der Waals surface area contributed by atoms with Gasteiger partial charge in [-0.05, 0) is 55.3 Å². The molecule has 1 unspecified atom stereocenters. The van der Waals surface area contributed by atoms with E-state index in [9.17, 15) is 10.2 Å². The summed E-state index contributed by atoms with van der Waals surface area (Å²) in [5.74, 6) is 1.46. The Bertz CT molecular complexity index is 1150. The summed E-state index contributed by atoms with van der Waals surface area (Å²) in [7, 11) is 0. The number of hydrogen-bond donors (Lipinski definition) is 2. The highest BCUT2D eigenvalue weighted by molar-refractivity contribution is 5.72. The SMILES string of the molecule is Cc1ccc(OC(Oc2ccc(-c3cc(C)c(O)cc3O)cc2)c2ccccc2)cc1. The van der Waals surface area contributed by atoms with E-state index in [1.807, 2.05) is 85.8 Å². The molecule has 1 atom stereocenters. The summed E-state index contributed by atoms with van der Waals surface area (Å²) < 4.78 is 12.3. The molecule has 0 saturated heterocycles. The van der Waals surface area contributed by atoms with Crippen LogP contribution in [0.3, 0.4) is 0 Å². The van der Waals surface area contributed by atoms with Crippen LogP contribution in [0.2, 0.25) is 0 Å². The molecule has 0 aromatic heterocycles. The van der Waals surface area contributed by atoms with E-state index in [1.165, 1.54) is 6.07 Å². The number of aromatic hydroxyl groups is 2. The highest BCUT2D eigenvalue weighted by Gasteiger charge is 2.16. The normalized spacial score (nSPS) is 11.7. The van der Waals surface area contributed by atoms with Gasteiger partial charge >= 0.3 is 0 Å². The minimum atomic E-state index is -0.612. The minimum absolute atomic E-state index is 0.0293. The Morgan fingerprint density at radius 3 is 1.84 bits per heavy atom. The van der Waals surface area contributed by atoms with Crippen molar-refractivity contribution in [2.75, 3.05) is 0 Å².